The summed E-state index contributed by atoms with van der Waals surface area (Å²) in [6.45, 7) is 1.55. The minimum Gasteiger partial charge on any atom is -0.352 e. The second-order valence-electron chi connectivity index (χ2n) is 13.0. The van der Waals surface area contributed by atoms with Crippen LogP contribution in [-0.4, -0.2) is 55.0 Å². The van der Waals surface area contributed by atoms with E-state index in [1.165, 1.54) is 0 Å². The SMILES string of the molecule is NC1CCC(NC(=O)C(Cc2ccc3ccccc3c2)NC(=O)[C@@H](Cc2ccc3ccccc3c2)NC(=O)C2CCNCC2)CC1. The maximum atomic E-state index is 14.1. The number of carbonyl (C=O) groups excluding carboxylic acids is 3. The highest BCUT2D eigenvalue weighted by molar-refractivity contribution is 5.93. The van der Waals surface area contributed by atoms with Gasteiger partial charge in [-0.05, 0) is 84.3 Å². The van der Waals surface area contributed by atoms with E-state index in [4.69, 9.17) is 5.73 Å². The highest BCUT2D eigenvalue weighted by Gasteiger charge is 2.31. The molecular formula is C38H45N5O3. The summed E-state index contributed by atoms with van der Waals surface area (Å²) in [5.41, 5.74) is 8.01. The maximum Gasteiger partial charge on any atom is 0.243 e. The molecule has 0 aromatic heterocycles. The molecule has 2 fully saturated rings. The molecule has 240 valence electrons. The quantitative estimate of drug-likeness (QED) is 0.183. The Morgan fingerprint density at radius 1 is 0.652 bits per heavy atom. The van der Waals surface area contributed by atoms with Gasteiger partial charge >= 0.3 is 0 Å². The summed E-state index contributed by atoms with van der Waals surface area (Å²) in [4.78, 5) is 41.4. The largest absolute Gasteiger partial charge is 0.352 e. The molecule has 0 radical (unpaired) electrons. The van der Waals surface area contributed by atoms with Crippen LogP contribution >= 0.6 is 0 Å². The predicted molar refractivity (Wildman–Crippen MR) is 183 cm³/mol. The number of rotatable bonds is 10. The van der Waals surface area contributed by atoms with Crippen LogP contribution in [0.5, 0.6) is 0 Å². The van der Waals surface area contributed by atoms with Crippen molar-refractivity contribution < 1.29 is 14.4 Å². The first kappa shape index (κ1) is 31.7. The molecule has 8 nitrogen and oxygen atoms in total. The zero-order valence-electron chi connectivity index (χ0n) is 26.3. The molecular weight excluding hydrogens is 574 g/mol. The van der Waals surface area contributed by atoms with Crippen molar-refractivity contribution in [2.45, 2.75) is 75.5 Å². The first-order valence-electron chi connectivity index (χ1n) is 16.7. The van der Waals surface area contributed by atoms with E-state index in [2.05, 4.69) is 45.5 Å². The van der Waals surface area contributed by atoms with Gasteiger partial charge in [0, 0.05) is 30.8 Å². The van der Waals surface area contributed by atoms with E-state index in [1.54, 1.807) is 0 Å². The van der Waals surface area contributed by atoms with Gasteiger partial charge in [0.05, 0.1) is 0 Å². The zero-order chi connectivity index (χ0) is 31.9. The van der Waals surface area contributed by atoms with Gasteiger partial charge in [-0.1, -0.05) is 84.9 Å². The molecule has 2 atom stereocenters. The number of piperidine rings is 1. The van der Waals surface area contributed by atoms with Gasteiger partial charge in [-0.15, -0.1) is 0 Å². The minimum atomic E-state index is -0.830. The number of amides is 3. The van der Waals surface area contributed by atoms with Crippen molar-refractivity contribution in [2.75, 3.05) is 13.1 Å². The van der Waals surface area contributed by atoms with Crippen molar-refractivity contribution in [2.24, 2.45) is 11.7 Å². The number of carbonyl (C=O) groups is 3. The summed E-state index contributed by atoms with van der Waals surface area (Å²) in [5.74, 6) is -0.836. The third-order valence-electron chi connectivity index (χ3n) is 9.60. The average molecular weight is 620 g/mol. The Labute approximate surface area is 270 Å². The second kappa shape index (κ2) is 14.9. The molecule has 46 heavy (non-hydrogen) atoms. The van der Waals surface area contributed by atoms with Gasteiger partial charge in [-0.2, -0.15) is 0 Å². The molecule has 3 amide bonds. The van der Waals surface area contributed by atoms with Crippen molar-refractivity contribution in [1.29, 1.82) is 0 Å². The number of nitrogens with one attached hydrogen (secondary N) is 4. The lowest BCUT2D eigenvalue weighted by atomic mass is 9.91. The van der Waals surface area contributed by atoms with Crippen LogP contribution in [0, 0.1) is 5.92 Å². The van der Waals surface area contributed by atoms with Crippen molar-refractivity contribution in [3.8, 4) is 0 Å². The van der Waals surface area contributed by atoms with Crippen molar-refractivity contribution in [3.63, 3.8) is 0 Å². The van der Waals surface area contributed by atoms with Gasteiger partial charge < -0.3 is 27.0 Å². The number of hydrogen-bond donors (Lipinski definition) is 5. The molecule has 1 unspecified atom stereocenters. The normalized spacial score (nSPS) is 20.1. The number of nitrogens with two attached hydrogens (primary N) is 1. The monoisotopic (exact) mass is 619 g/mol. The van der Waals surface area contributed by atoms with Crippen molar-refractivity contribution in [3.05, 3.63) is 96.1 Å². The van der Waals surface area contributed by atoms with E-state index in [0.29, 0.717) is 12.8 Å². The van der Waals surface area contributed by atoms with Gasteiger partial charge in [0.2, 0.25) is 17.7 Å². The van der Waals surface area contributed by atoms with Crippen LogP contribution in [0.2, 0.25) is 0 Å². The Morgan fingerprint density at radius 3 is 1.74 bits per heavy atom. The van der Waals surface area contributed by atoms with E-state index < -0.39 is 12.1 Å². The summed E-state index contributed by atoms with van der Waals surface area (Å²) >= 11 is 0. The van der Waals surface area contributed by atoms with Gasteiger partial charge in [0.25, 0.3) is 0 Å². The van der Waals surface area contributed by atoms with E-state index in [0.717, 1.165) is 84.3 Å². The lowest BCUT2D eigenvalue weighted by Gasteiger charge is -2.30. The molecule has 8 heteroatoms. The fraction of sp³-hybridized carbons (Fsp3) is 0.395. The second-order valence-corrected chi connectivity index (χ2v) is 13.0. The first-order valence-corrected chi connectivity index (χ1v) is 16.7. The Morgan fingerprint density at radius 2 is 1.17 bits per heavy atom. The summed E-state index contributed by atoms with van der Waals surface area (Å²) < 4.78 is 0. The average Bonchev–Trinajstić information content (AvgIpc) is 3.09. The van der Waals surface area contributed by atoms with E-state index in [9.17, 15) is 14.4 Å². The fourth-order valence-corrected chi connectivity index (χ4v) is 6.83. The van der Waals surface area contributed by atoms with Crippen LogP contribution in [0.4, 0.5) is 0 Å². The van der Waals surface area contributed by atoms with Gasteiger partial charge in [-0.25, -0.2) is 0 Å². The first-order chi connectivity index (χ1) is 22.4. The molecule has 0 spiro atoms. The molecule has 1 saturated carbocycles. The summed E-state index contributed by atoms with van der Waals surface area (Å²) in [6.07, 6.45) is 5.48. The molecule has 6 N–H and O–H groups in total. The fourth-order valence-electron chi connectivity index (χ4n) is 6.83. The van der Waals surface area contributed by atoms with Crippen molar-refractivity contribution >= 4 is 39.3 Å². The standard InChI is InChI=1S/C38H45N5O3/c39-32-13-15-33(16-14-32)41-37(45)34(23-25-9-11-27-5-1-3-7-30(27)21-25)43-38(46)35(42-36(44)29-17-19-40-20-18-29)24-26-10-12-28-6-2-4-8-31(28)22-26/h1-12,21-22,29,32-35,40H,13-20,23-24,39H2,(H,41,45)(H,42,44)(H,43,46)/t32?,33?,34?,35-/m1/s1. The zero-order valence-corrected chi connectivity index (χ0v) is 26.3. The number of benzene rings is 4. The number of fused-ring (bicyclic) bond motifs is 2. The maximum absolute atomic E-state index is 14.1. The van der Waals surface area contributed by atoms with E-state index >= 15 is 0 Å². The molecule has 2 aliphatic rings. The van der Waals surface area contributed by atoms with Crippen molar-refractivity contribution in [1.82, 2.24) is 21.3 Å². The van der Waals surface area contributed by atoms with Crippen LogP contribution in [0.3, 0.4) is 0 Å². The Hall–Kier alpha value is -4.27. The lowest BCUT2D eigenvalue weighted by Crippen LogP contribution is -2.57. The topological polar surface area (TPSA) is 125 Å². The summed E-state index contributed by atoms with van der Waals surface area (Å²) in [7, 11) is 0. The Kier molecular flexibility index (Phi) is 10.3. The van der Waals surface area contributed by atoms with E-state index in [1.807, 2.05) is 60.7 Å². The molecule has 1 aliphatic carbocycles. The van der Waals surface area contributed by atoms with Crippen LogP contribution in [0.1, 0.15) is 49.7 Å². The third-order valence-corrected chi connectivity index (χ3v) is 9.60. The van der Waals surface area contributed by atoms with Gasteiger partial charge in [0.15, 0.2) is 0 Å². The molecule has 0 bridgehead atoms. The van der Waals surface area contributed by atoms with Crippen LogP contribution in [0.15, 0.2) is 84.9 Å². The molecule has 4 aromatic carbocycles. The molecule has 6 rings (SSSR count). The minimum absolute atomic E-state index is 0.0244. The Balaban J connectivity index is 1.24. The van der Waals surface area contributed by atoms with Gasteiger partial charge in [-0.3, -0.25) is 14.4 Å². The Bertz CT molecular complexity index is 1680. The predicted octanol–water partition coefficient (Wildman–Crippen LogP) is 4.13. The van der Waals surface area contributed by atoms with Crippen LogP contribution in [0.25, 0.3) is 21.5 Å². The van der Waals surface area contributed by atoms with Crippen LogP contribution < -0.4 is 27.0 Å². The number of hydrogen-bond acceptors (Lipinski definition) is 5. The van der Waals surface area contributed by atoms with E-state index in [-0.39, 0.29) is 35.7 Å². The van der Waals surface area contributed by atoms with Crippen LogP contribution in [-0.2, 0) is 27.2 Å². The molecule has 1 aliphatic heterocycles. The highest BCUT2D eigenvalue weighted by atomic mass is 16.2. The molecule has 1 heterocycles. The molecule has 1 saturated heterocycles. The third kappa shape index (κ3) is 8.11. The molecule has 4 aromatic rings. The van der Waals surface area contributed by atoms with Gasteiger partial charge in [0.1, 0.15) is 12.1 Å². The summed E-state index contributed by atoms with van der Waals surface area (Å²) in [6, 6.07) is 27.0. The highest BCUT2D eigenvalue weighted by Crippen LogP contribution is 2.21. The lowest BCUT2D eigenvalue weighted by molar-refractivity contribution is -0.133. The smallest absolute Gasteiger partial charge is 0.243 e. The summed E-state index contributed by atoms with van der Waals surface area (Å²) in [5, 5.41) is 17.0.